The highest BCUT2D eigenvalue weighted by molar-refractivity contribution is 6.36. The lowest BCUT2D eigenvalue weighted by Gasteiger charge is -2.23. The van der Waals surface area contributed by atoms with Gasteiger partial charge in [-0.25, -0.2) is 0 Å². The van der Waals surface area contributed by atoms with Gasteiger partial charge in [0, 0.05) is 5.02 Å². The summed E-state index contributed by atoms with van der Waals surface area (Å²) in [6, 6.07) is 5.02. The predicted molar refractivity (Wildman–Crippen MR) is 71.5 cm³/mol. The first-order chi connectivity index (χ1) is 8.65. The van der Waals surface area contributed by atoms with Crippen molar-refractivity contribution in [3.63, 3.8) is 0 Å². The van der Waals surface area contributed by atoms with E-state index in [2.05, 4.69) is 5.32 Å². The Morgan fingerprint density at radius 2 is 2.06 bits per heavy atom. The molecule has 1 aliphatic rings. The first-order valence-corrected chi connectivity index (χ1v) is 6.57. The molecule has 1 heterocycles. The molecule has 0 aromatic heterocycles. The minimum atomic E-state index is -0.0453. The number of ether oxygens (including phenoxy) is 1. The number of benzene rings is 1. The molecule has 0 unspecified atom stereocenters. The summed E-state index contributed by atoms with van der Waals surface area (Å²) in [6.07, 6.45) is 0. The molecule has 2 rings (SSSR count). The van der Waals surface area contributed by atoms with Gasteiger partial charge in [0.1, 0.15) is 13.1 Å². The van der Waals surface area contributed by atoms with Crippen molar-refractivity contribution in [2.75, 3.05) is 38.2 Å². The number of halogens is 2. The summed E-state index contributed by atoms with van der Waals surface area (Å²) in [5.41, 5.74) is 0.596. The zero-order valence-electron chi connectivity index (χ0n) is 9.84. The average Bonchev–Trinajstić information content (AvgIpc) is 2.34. The summed E-state index contributed by atoms with van der Waals surface area (Å²) in [7, 11) is 0. The molecule has 1 aromatic carbocycles. The molecule has 0 radical (unpaired) electrons. The fourth-order valence-corrected chi connectivity index (χ4v) is 2.30. The van der Waals surface area contributed by atoms with Crippen LogP contribution in [0.4, 0.5) is 5.69 Å². The van der Waals surface area contributed by atoms with E-state index in [1.807, 2.05) is 0 Å². The third-order valence-electron chi connectivity index (χ3n) is 2.82. The maximum absolute atomic E-state index is 11.9. The van der Waals surface area contributed by atoms with Crippen molar-refractivity contribution in [1.29, 1.82) is 0 Å². The van der Waals surface area contributed by atoms with Crippen molar-refractivity contribution in [2.24, 2.45) is 0 Å². The molecule has 2 N–H and O–H groups in total. The van der Waals surface area contributed by atoms with E-state index in [1.165, 1.54) is 4.90 Å². The van der Waals surface area contributed by atoms with E-state index >= 15 is 0 Å². The molecule has 98 valence electrons. The Balaban J connectivity index is 1.90. The average molecular weight is 290 g/mol. The van der Waals surface area contributed by atoms with Crippen molar-refractivity contribution in [2.45, 2.75) is 0 Å². The molecule has 0 atom stereocenters. The molecule has 1 amide bonds. The molecular formula is C12H15Cl2N2O2+. The lowest BCUT2D eigenvalue weighted by molar-refractivity contribution is -0.899. The van der Waals surface area contributed by atoms with E-state index < -0.39 is 0 Å². The normalized spacial score (nSPS) is 16.6. The second-order valence-electron chi connectivity index (χ2n) is 4.21. The van der Waals surface area contributed by atoms with E-state index in [-0.39, 0.29) is 5.91 Å². The molecule has 18 heavy (non-hydrogen) atoms. The highest BCUT2D eigenvalue weighted by Crippen LogP contribution is 2.24. The number of amides is 1. The van der Waals surface area contributed by atoms with E-state index in [4.69, 9.17) is 27.9 Å². The second-order valence-corrected chi connectivity index (χ2v) is 5.06. The largest absolute Gasteiger partial charge is 0.370 e. The molecule has 0 bridgehead atoms. The Morgan fingerprint density at radius 1 is 1.33 bits per heavy atom. The molecular weight excluding hydrogens is 275 g/mol. The monoisotopic (exact) mass is 289 g/mol. The summed E-state index contributed by atoms with van der Waals surface area (Å²) in [5, 5.41) is 3.80. The van der Waals surface area contributed by atoms with Crippen LogP contribution in [0.5, 0.6) is 0 Å². The van der Waals surface area contributed by atoms with Gasteiger partial charge < -0.3 is 15.0 Å². The number of carbonyl (C=O) groups excluding carboxylic acids is 1. The van der Waals surface area contributed by atoms with E-state index in [0.717, 1.165) is 13.1 Å². The standard InChI is InChI=1S/C12H14Cl2N2O2/c13-9-1-2-11(10(14)7-9)15-12(17)8-16-3-5-18-6-4-16/h1-2,7H,3-6,8H2,(H,15,17)/p+1. The highest BCUT2D eigenvalue weighted by Gasteiger charge is 2.18. The van der Waals surface area contributed by atoms with Crippen LogP contribution >= 0.6 is 23.2 Å². The van der Waals surface area contributed by atoms with Gasteiger partial charge in [-0.05, 0) is 18.2 Å². The molecule has 0 aliphatic carbocycles. The van der Waals surface area contributed by atoms with Crippen molar-refractivity contribution >= 4 is 34.8 Å². The predicted octanol–water partition coefficient (Wildman–Crippen LogP) is 0.847. The van der Waals surface area contributed by atoms with Crippen molar-refractivity contribution in [3.05, 3.63) is 28.2 Å². The van der Waals surface area contributed by atoms with Gasteiger partial charge in [0.2, 0.25) is 0 Å². The zero-order valence-corrected chi connectivity index (χ0v) is 11.4. The molecule has 0 saturated carbocycles. The molecule has 1 aromatic rings. The molecule has 1 saturated heterocycles. The summed E-state index contributed by atoms with van der Waals surface area (Å²) in [6.45, 7) is 3.58. The SMILES string of the molecule is O=C(C[NH+]1CCOCC1)Nc1ccc(Cl)cc1Cl. The highest BCUT2D eigenvalue weighted by atomic mass is 35.5. The van der Waals surface area contributed by atoms with Crippen LogP contribution in [0.3, 0.4) is 0 Å². The molecule has 4 nitrogen and oxygen atoms in total. The Morgan fingerprint density at radius 3 is 2.72 bits per heavy atom. The smallest absolute Gasteiger partial charge is 0.279 e. The Hall–Kier alpha value is -0.810. The van der Waals surface area contributed by atoms with Crippen molar-refractivity contribution in [3.8, 4) is 0 Å². The van der Waals surface area contributed by atoms with Crippen LogP contribution in [-0.4, -0.2) is 38.8 Å². The van der Waals surface area contributed by atoms with Gasteiger partial charge in [0.05, 0.1) is 23.9 Å². The third kappa shape index (κ3) is 3.85. The maximum Gasteiger partial charge on any atom is 0.279 e. The lowest BCUT2D eigenvalue weighted by atomic mass is 10.3. The minimum absolute atomic E-state index is 0.0453. The number of hydrogen-bond donors (Lipinski definition) is 2. The van der Waals surface area contributed by atoms with Crippen LogP contribution in [0.25, 0.3) is 0 Å². The van der Waals surface area contributed by atoms with Gasteiger partial charge in [-0.15, -0.1) is 0 Å². The number of carbonyl (C=O) groups is 1. The van der Waals surface area contributed by atoms with Crippen LogP contribution in [0.1, 0.15) is 0 Å². The first-order valence-electron chi connectivity index (χ1n) is 5.81. The molecule has 6 heteroatoms. The Bertz CT molecular complexity index is 434. The van der Waals surface area contributed by atoms with Crippen molar-refractivity contribution < 1.29 is 14.4 Å². The summed E-state index contributed by atoms with van der Waals surface area (Å²) < 4.78 is 5.24. The molecule has 0 spiro atoms. The van der Waals surface area contributed by atoms with Gasteiger partial charge in [-0.1, -0.05) is 23.2 Å². The van der Waals surface area contributed by atoms with Crippen LogP contribution in [-0.2, 0) is 9.53 Å². The fraction of sp³-hybridized carbons (Fsp3) is 0.417. The molecule has 1 aliphatic heterocycles. The fourth-order valence-electron chi connectivity index (χ4n) is 1.85. The van der Waals surface area contributed by atoms with E-state index in [1.54, 1.807) is 18.2 Å². The topological polar surface area (TPSA) is 42.8 Å². The Labute approximate surface area is 116 Å². The maximum atomic E-state index is 11.9. The minimum Gasteiger partial charge on any atom is -0.370 e. The molecule has 1 fully saturated rings. The zero-order chi connectivity index (χ0) is 13.0. The van der Waals surface area contributed by atoms with Gasteiger partial charge >= 0.3 is 0 Å². The van der Waals surface area contributed by atoms with Gasteiger partial charge in [0.15, 0.2) is 6.54 Å². The lowest BCUT2D eigenvalue weighted by Crippen LogP contribution is -3.15. The van der Waals surface area contributed by atoms with Crippen molar-refractivity contribution in [1.82, 2.24) is 0 Å². The van der Waals surface area contributed by atoms with Crippen LogP contribution in [0.15, 0.2) is 18.2 Å². The van der Waals surface area contributed by atoms with Crippen LogP contribution in [0.2, 0.25) is 10.0 Å². The first kappa shape index (κ1) is 13.6. The number of morpholine rings is 1. The number of hydrogen-bond acceptors (Lipinski definition) is 2. The number of rotatable bonds is 3. The van der Waals surface area contributed by atoms with Crippen LogP contribution < -0.4 is 10.2 Å². The summed E-state index contributed by atoms with van der Waals surface area (Å²) >= 11 is 11.8. The quantitative estimate of drug-likeness (QED) is 0.866. The number of nitrogens with one attached hydrogen (secondary N) is 2. The number of quaternary nitrogens is 1. The second kappa shape index (κ2) is 6.38. The Kier molecular flexibility index (Phi) is 4.83. The van der Waals surface area contributed by atoms with E-state index in [9.17, 15) is 4.79 Å². The van der Waals surface area contributed by atoms with Gasteiger partial charge in [-0.3, -0.25) is 4.79 Å². The van der Waals surface area contributed by atoms with Gasteiger partial charge in [-0.2, -0.15) is 0 Å². The number of anilines is 1. The van der Waals surface area contributed by atoms with Crippen LogP contribution in [0, 0.1) is 0 Å². The van der Waals surface area contributed by atoms with E-state index in [0.29, 0.717) is 35.5 Å². The summed E-state index contributed by atoms with van der Waals surface area (Å²) in [5.74, 6) is -0.0453. The van der Waals surface area contributed by atoms with Gasteiger partial charge in [0.25, 0.3) is 5.91 Å². The third-order valence-corrected chi connectivity index (χ3v) is 3.36. The summed E-state index contributed by atoms with van der Waals surface area (Å²) in [4.78, 5) is 13.1.